The first-order chi connectivity index (χ1) is 9.79. The maximum atomic E-state index is 4.26. The Balaban J connectivity index is 1.49. The molecule has 0 aliphatic carbocycles. The second kappa shape index (κ2) is 6.15. The third kappa shape index (κ3) is 3.43. The van der Waals surface area contributed by atoms with Gasteiger partial charge < -0.3 is 4.90 Å². The largest absolute Gasteiger partial charge is 0.304 e. The lowest BCUT2D eigenvalue weighted by Gasteiger charge is -2.31. The van der Waals surface area contributed by atoms with Crippen molar-refractivity contribution in [1.29, 1.82) is 0 Å². The predicted molar refractivity (Wildman–Crippen MR) is 75.0 cm³/mol. The maximum absolute atomic E-state index is 4.26. The molecule has 1 saturated heterocycles. The quantitative estimate of drug-likeness (QED) is 0.764. The Morgan fingerprint density at radius 3 is 2.65 bits per heavy atom. The number of hydrogen-bond acceptors (Lipinski definition) is 5. The van der Waals surface area contributed by atoms with Gasteiger partial charge in [0, 0.05) is 51.3 Å². The summed E-state index contributed by atoms with van der Waals surface area (Å²) in [7, 11) is 2.17. The Hall–Kier alpha value is -1.73. The van der Waals surface area contributed by atoms with Crippen molar-refractivity contribution >= 4 is 0 Å². The van der Waals surface area contributed by atoms with Gasteiger partial charge in [-0.2, -0.15) is 5.10 Å². The van der Waals surface area contributed by atoms with Gasteiger partial charge in [-0.3, -0.25) is 14.3 Å². The van der Waals surface area contributed by atoms with Gasteiger partial charge in [0.25, 0.3) is 0 Å². The van der Waals surface area contributed by atoms with Crippen molar-refractivity contribution in [3.63, 3.8) is 0 Å². The van der Waals surface area contributed by atoms with Gasteiger partial charge in [-0.15, -0.1) is 5.10 Å². The van der Waals surface area contributed by atoms with Gasteiger partial charge in [0.15, 0.2) is 0 Å². The monoisotopic (exact) mass is 275 g/mol. The molecular weight excluding hydrogens is 254 g/mol. The van der Waals surface area contributed by atoms with Gasteiger partial charge in [-0.25, -0.2) is 0 Å². The van der Waals surface area contributed by atoms with E-state index < -0.39 is 0 Å². The molecule has 0 radical (unpaired) electrons. The lowest BCUT2D eigenvalue weighted by atomic mass is 10.3. The molecular formula is C13H21N7. The average molecular weight is 275 g/mol. The van der Waals surface area contributed by atoms with Crippen LogP contribution in [0.15, 0.2) is 24.7 Å². The molecule has 0 N–H and O–H groups in total. The van der Waals surface area contributed by atoms with E-state index in [-0.39, 0.29) is 0 Å². The lowest BCUT2D eigenvalue weighted by molar-refractivity contribution is 0.147. The summed E-state index contributed by atoms with van der Waals surface area (Å²) < 4.78 is 3.80. The fraction of sp³-hybridized carbons (Fsp3) is 0.615. The smallest absolute Gasteiger partial charge is 0.0967 e. The number of nitrogens with zero attached hydrogens (tertiary/aromatic N) is 7. The Kier molecular flexibility index (Phi) is 4.08. The normalized spacial score (nSPS) is 17.6. The molecule has 0 unspecified atom stereocenters. The van der Waals surface area contributed by atoms with Gasteiger partial charge in [0.05, 0.1) is 18.8 Å². The highest BCUT2D eigenvalue weighted by molar-refractivity contribution is 4.93. The summed E-state index contributed by atoms with van der Waals surface area (Å²) in [5.74, 6) is 0. The molecule has 2 aromatic heterocycles. The molecule has 0 spiro atoms. The second-order valence-corrected chi connectivity index (χ2v) is 5.32. The fourth-order valence-corrected chi connectivity index (χ4v) is 2.39. The van der Waals surface area contributed by atoms with E-state index in [4.69, 9.17) is 0 Å². The number of rotatable bonds is 5. The zero-order valence-corrected chi connectivity index (χ0v) is 11.9. The van der Waals surface area contributed by atoms with Crippen LogP contribution in [0.25, 0.3) is 0 Å². The van der Waals surface area contributed by atoms with Crippen molar-refractivity contribution in [3.05, 3.63) is 30.4 Å². The minimum Gasteiger partial charge on any atom is -0.304 e. The van der Waals surface area contributed by atoms with Gasteiger partial charge in [0.1, 0.15) is 0 Å². The van der Waals surface area contributed by atoms with E-state index >= 15 is 0 Å². The Bertz CT molecular complexity index is 511. The van der Waals surface area contributed by atoms with E-state index in [0.29, 0.717) is 0 Å². The third-order valence-corrected chi connectivity index (χ3v) is 3.68. The van der Waals surface area contributed by atoms with Crippen molar-refractivity contribution < 1.29 is 0 Å². The molecule has 0 bridgehead atoms. The molecule has 7 nitrogen and oxygen atoms in total. The summed E-state index contributed by atoms with van der Waals surface area (Å²) in [6.07, 6.45) is 5.80. The summed E-state index contributed by atoms with van der Waals surface area (Å²) in [6, 6.07) is 1.93. The number of aromatic nitrogens is 5. The van der Waals surface area contributed by atoms with Crippen LogP contribution in [0, 0.1) is 0 Å². The van der Waals surface area contributed by atoms with Crippen molar-refractivity contribution in [2.75, 3.05) is 33.2 Å². The fourth-order valence-electron chi connectivity index (χ4n) is 2.39. The Labute approximate surface area is 118 Å². The molecule has 1 fully saturated rings. The van der Waals surface area contributed by atoms with Crippen LogP contribution in [0.3, 0.4) is 0 Å². The SMILES string of the molecule is CN1CCN(Cc2cn(CCn3cccn3)nn2)CC1. The van der Waals surface area contributed by atoms with Crippen LogP contribution in [0.2, 0.25) is 0 Å². The van der Waals surface area contributed by atoms with Crippen molar-refractivity contribution in [1.82, 2.24) is 34.6 Å². The number of hydrogen-bond donors (Lipinski definition) is 0. The maximum Gasteiger partial charge on any atom is 0.0967 e. The molecule has 0 aromatic carbocycles. The molecule has 0 saturated carbocycles. The first-order valence-corrected chi connectivity index (χ1v) is 7.07. The van der Waals surface area contributed by atoms with Crippen molar-refractivity contribution in [2.45, 2.75) is 19.6 Å². The molecule has 0 atom stereocenters. The first kappa shape index (κ1) is 13.3. The molecule has 108 valence electrons. The highest BCUT2D eigenvalue weighted by Crippen LogP contribution is 2.05. The highest BCUT2D eigenvalue weighted by atomic mass is 15.4. The van der Waals surface area contributed by atoms with Crippen LogP contribution >= 0.6 is 0 Å². The molecule has 1 aliphatic rings. The van der Waals surface area contributed by atoms with Gasteiger partial charge in [-0.1, -0.05) is 5.21 Å². The van der Waals surface area contributed by atoms with Crippen LogP contribution < -0.4 is 0 Å². The minimum atomic E-state index is 0.803. The third-order valence-electron chi connectivity index (χ3n) is 3.68. The average Bonchev–Trinajstić information content (AvgIpc) is 3.10. The summed E-state index contributed by atoms with van der Waals surface area (Å²) in [5, 5.41) is 12.6. The zero-order valence-electron chi connectivity index (χ0n) is 11.9. The summed E-state index contributed by atoms with van der Waals surface area (Å²) in [6.45, 7) is 7.01. The van der Waals surface area contributed by atoms with Crippen molar-refractivity contribution in [2.24, 2.45) is 0 Å². The first-order valence-electron chi connectivity index (χ1n) is 7.07. The van der Waals surface area contributed by atoms with Gasteiger partial charge >= 0.3 is 0 Å². The van der Waals surface area contributed by atoms with Crippen LogP contribution in [-0.4, -0.2) is 67.8 Å². The molecule has 7 heteroatoms. The van der Waals surface area contributed by atoms with Crippen LogP contribution in [-0.2, 0) is 19.6 Å². The minimum absolute atomic E-state index is 0.803. The molecule has 3 rings (SSSR count). The van der Waals surface area contributed by atoms with Crippen LogP contribution in [0.5, 0.6) is 0 Å². The molecule has 0 amide bonds. The lowest BCUT2D eigenvalue weighted by Crippen LogP contribution is -2.43. The zero-order chi connectivity index (χ0) is 13.8. The van der Waals surface area contributed by atoms with Crippen molar-refractivity contribution in [3.8, 4) is 0 Å². The summed E-state index contributed by atoms with van der Waals surface area (Å²) in [5.41, 5.74) is 1.05. The van der Waals surface area contributed by atoms with Gasteiger partial charge in [0.2, 0.25) is 0 Å². The molecule has 1 aliphatic heterocycles. The molecule has 20 heavy (non-hydrogen) atoms. The van der Waals surface area contributed by atoms with Crippen LogP contribution in [0.4, 0.5) is 0 Å². The number of piperazine rings is 1. The van der Waals surface area contributed by atoms with E-state index in [0.717, 1.165) is 51.5 Å². The Morgan fingerprint density at radius 2 is 1.90 bits per heavy atom. The topological polar surface area (TPSA) is 55.0 Å². The van der Waals surface area contributed by atoms with E-state index in [9.17, 15) is 0 Å². The van der Waals surface area contributed by atoms with E-state index in [1.807, 2.05) is 27.8 Å². The summed E-state index contributed by atoms with van der Waals surface area (Å²) in [4.78, 5) is 4.79. The van der Waals surface area contributed by atoms with E-state index in [2.05, 4.69) is 32.3 Å². The number of likely N-dealkylation sites (N-methyl/N-ethyl adjacent to an activating group) is 1. The van der Waals surface area contributed by atoms with Gasteiger partial charge in [-0.05, 0) is 13.1 Å². The van der Waals surface area contributed by atoms with E-state index in [1.165, 1.54) is 0 Å². The molecule has 2 aromatic rings. The standard InChI is InChI=1S/C13H21N7/c1-17-5-7-18(8-6-17)11-13-12-20(16-15-13)10-9-19-4-2-3-14-19/h2-4,12H,5-11H2,1H3. The van der Waals surface area contributed by atoms with E-state index in [1.54, 1.807) is 6.20 Å². The number of aryl methyl sites for hydroxylation is 2. The Morgan fingerprint density at radius 1 is 1.10 bits per heavy atom. The predicted octanol–water partition coefficient (Wildman–Crippen LogP) is -0.0778. The second-order valence-electron chi connectivity index (χ2n) is 5.32. The van der Waals surface area contributed by atoms with Crippen LogP contribution in [0.1, 0.15) is 5.69 Å². The summed E-state index contributed by atoms with van der Waals surface area (Å²) >= 11 is 0. The molecule has 3 heterocycles. The highest BCUT2D eigenvalue weighted by Gasteiger charge is 2.15.